The molecule has 2 rings (SSSR count). The van der Waals surface area contributed by atoms with E-state index in [1.54, 1.807) is 42.5 Å². The Morgan fingerprint density at radius 3 is 2.23 bits per heavy atom. The summed E-state index contributed by atoms with van der Waals surface area (Å²) >= 11 is 0. The molecule has 0 aliphatic carbocycles. The molecular weight excluding hydrogens is 304 g/mol. The Morgan fingerprint density at radius 1 is 1.09 bits per heavy atom. The predicted molar refractivity (Wildman–Crippen MR) is 82.9 cm³/mol. The second kappa shape index (κ2) is 6.59. The molecule has 1 atom stereocenters. The van der Waals surface area contributed by atoms with Crippen molar-refractivity contribution < 1.29 is 18.3 Å². The molecule has 2 aromatic rings. The SMILES string of the molecule is Nc1ccc(C(CNS(=O)(=O)c2ccccc2)C(=O)O)cc1. The van der Waals surface area contributed by atoms with Gasteiger partial charge in [0.2, 0.25) is 10.0 Å². The quantitative estimate of drug-likeness (QED) is 0.697. The molecule has 0 saturated carbocycles. The van der Waals surface area contributed by atoms with Crippen molar-refractivity contribution in [3.05, 3.63) is 60.2 Å². The van der Waals surface area contributed by atoms with Crippen LogP contribution in [0.3, 0.4) is 0 Å². The van der Waals surface area contributed by atoms with Gasteiger partial charge in [0.1, 0.15) is 0 Å². The second-order valence-corrected chi connectivity index (χ2v) is 6.49. The number of sulfonamides is 1. The van der Waals surface area contributed by atoms with Gasteiger partial charge in [0, 0.05) is 12.2 Å². The van der Waals surface area contributed by atoms with Gasteiger partial charge >= 0.3 is 5.97 Å². The van der Waals surface area contributed by atoms with Crippen LogP contribution in [-0.4, -0.2) is 26.0 Å². The zero-order chi connectivity index (χ0) is 16.2. The Morgan fingerprint density at radius 2 is 1.68 bits per heavy atom. The van der Waals surface area contributed by atoms with Crippen LogP contribution in [0, 0.1) is 0 Å². The monoisotopic (exact) mass is 320 g/mol. The maximum absolute atomic E-state index is 12.1. The van der Waals surface area contributed by atoms with E-state index in [2.05, 4.69) is 4.72 Å². The zero-order valence-corrected chi connectivity index (χ0v) is 12.5. The van der Waals surface area contributed by atoms with Crippen molar-refractivity contribution in [1.82, 2.24) is 4.72 Å². The Labute approximate surface area is 128 Å². The maximum atomic E-state index is 12.1. The first kappa shape index (κ1) is 16.0. The number of anilines is 1. The van der Waals surface area contributed by atoms with Crippen molar-refractivity contribution in [2.75, 3.05) is 12.3 Å². The Bertz CT molecular complexity index is 743. The van der Waals surface area contributed by atoms with Gasteiger partial charge in [-0.2, -0.15) is 0 Å². The Kier molecular flexibility index (Phi) is 4.79. The minimum atomic E-state index is -3.74. The fourth-order valence-corrected chi connectivity index (χ4v) is 3.02. The van der Waals surface area contributed by atoms with Crippen molar-refractivity contribution in [3.8, 4) is 0 Å². The normalized spacial score (nSPS) is 12.7. The molecule has 0 radical (unpaired) electrons. The number of carboxylic acids is 1. The summed E-state index contributed by atoms with van der Waals surface area (Å²) in [5, 5.41) is 9.30. The van der Waals surface area contributed by atoms with Gasteiger partial charge in [-0.15, -0.1) is 0 Å². The van der Waals surface area contributed by atoms with Gasteiger partial charge in [0.15, 0.2) is 0 Å². The third-order valence-electron chi connectivity index (χ3n) is 3.17. The van der Waals surface area contributed by atoms with Crippen LogP contribution in [0.4, 0.5) is 5.69 Å². The van der Waals surface area contributed by atoms with E-state index in [1.165, 1.54) is 12.1 Å². The number of nitrogens with two attached hydrogens (primary N) is 1. The van der Waals surface area contributed by atoms with E-state index >= 15 is 0 Å². The molecule has 0 aliphatic rings. The predicted octanol–water partition coefficient (Wildman–Crippen LogP) is 1.42. The number of carboxylic acid groups (broad SMARTS) is 1. The van der Waals surface area contributed by atoms with Crippen LogP contribution in [0.2, 0.25) is 0 Å². The molecule has 4 N–H and O–H groups in total. The van der Waals surface area contributed by atoms with Crippen LogP contribution >= 0.6 is 0 Å². The van der Waals surface area contributed by atoms with E-state index in [-0.39, 0.29) is 11.4 Å². The molecule has 0 spiro atoms. The summed E-state index contributed by atoms with van der Waals surface area (Å²) in [7, 11) is -3.74. The zero-order valence-electron chi connectivity index (χ0n) is 11.6. The third-order valence-corrected chi connectivity index (χ3v) is 4.61. The minimum Gasteiger partial charge on any atom is -0.481 e. The number of hydrogen-bond donors (Lipinski definition) is 3. The lowest BCUT2D eigenvalue weighted by atomic mass is 9.99. The van der Waals surface area contributed by atoms with Gasteiger partial charge in [-0.3, -0.25) is 4.79 Å². The van der Waals surface area contributed by atoms with Crippen molar-refractivity contribution in [2.24, 2.45) is 0 Å². The number of aliphatic carboxylic acids is 1. The molecule has 1 unspecified atom stereocenters. The molecule has 0 aromatic heterocycles. The highest BCUT2D eigenvalue weighted by Gasteiger charge is 2.23. The van der Waals surface area contributed by atoms with Crippen LogP contribution in [0.1, 0.15) is 11.5 Å². The number of hydrogen-bond acceptors (Lipinski definition) is 4. The van der Waals surface area contributed by atoms with Crippen LogP contribution in [0.15, 0.2) is 59.5 Å². The fraction of sp³-hybridized carbons (Fsp3) is 0.133. The van der Waals surface area contributed by atoms with Gasteiger partial charge in [0.25, 0.3) is 0 Å². The first-order chi connectivity index (χ1) is 10.4. The maximum Gasteiger partial charge on any atom is 0.312 e. The topological polar surface area (TPSA) is 109 Å². The molecule has 0 heterocycles. The largest absolute Gasteiger partial charge is 0.481 e. The first-order valence-electron chi connectivity index (χ1n) is 6.53. The van der Waals surface area contributed by atoms with Gasteiger partial charge in [-0.05, 0) is 29.8 Å². The van der Waals surface area contributed by atoms with Crippen molar-refractivity contribution in [1.29, 1.82) is 0 Å². The Balaban J connectivity index is 2.16. The summed E-state index contributed by atoms with van der Waals surface area (Å²) < 4.78 is 26.6. The summed E-state index contributed by atoms with van der Waals surface area (Å²) in [6.45, 7) is -0.240. The average Bonchev–Trinajstić information content (AvgIpc) is 2.50. The summed E-state index contributed by atoms with van der Waals surface area (Å²) in [5.41, 5.74) is 6.56. The molecule has 116 valence electrons. The number of carbonyl (C=O) groups is 1. The summed E-state index contributed by atoms with van der Waals surface area (Å²) in [5.74, 6) is -2.10. The molecule has 0 bridgehead atoms. The van der Waals surface area contributed by atoms with E-state index in [1.807, 2.05) is 0 Å². The lowest BCUT2D eigenvalue weighted by Crippen LogP contribution is -2.31. The lowest BCUT2D eigenvalue weighted by molar-refractivity contribution is -0.138. The van der Waals surface area contributed by atoms with Gasteiger partial charge in [-0.1, -0.05) is 30.3 Å². The number of nitrogen functional groups attached to an aromatic ring is 1. The molecule has 0 fully saturated rings. The molecule has 0 saturated heterocycles. The van der Waals surface area contributed by atoms with E-state index in [9.17, 15) is 18.3 Å². The summed E-state index contributed by atoms with van der Waals surface area (Å²) in [6.07, 6.45) is 0. The van der Waals surface area contributed by atoms with Gasteiger partial charge in [0.05, 0.1) is 10.8 Å². The first-order valence-corrected chi connectivity index (χ1v) is 8.01. The highest BCUT2D eigenvalue weighted by molar-refractivity contribution is 7.89. The molecule has 7 heteroatoms. The molecular formula is C15H16N2O4S. The molecule has 6 nitrogen and oxygen atoms in total. The van der Waals surface area contributed by atoms with Crippen molar-refractivity contribution >= 4 is 21.7 Å². The van der Waals surface area contributed by atoms with Gasteiger partial charge < -0.3 is 10.8 Å². The minimum absolute atomic E-state index is 0.0939. The summed E-state index contributed by atoms with van der Waals surface area (Å²) in [4.78, 5) is 11.5. The third kappa shape index (κ3) is 3.84. The van der Waals surface area contributed by atoms with Crippen LogP contribution in [0.5, 0.6) is 0 Å². The number of benzene rings is 2. The summed E-state index contributed by atoms with van der Waals surface area (Å²) in [6, 6.07) is 14.1. The van der Waals surface area contributed by atoms with Gasteiger partial charge in [-0.25, -0.2) is 13.1 Å². The Hall–Kier alpha value is -2.38. The van der Waals surface area contributed by atoms with Crippen LogP contribution < -0.4 is 10.5 Å². The van der Waals surface area contributed by atoms with Crippen molar-refractivity contribution in [2.45, 2.75) is 10.8 Å². The van der Waals surface area contributed by atoms with E-state index < -0.39 is 21.9 Å². The fourth-order valence-electron chi connectivity index (χ4n) is 1.95. The number of rotatable bonds is 6. The van der Waals surface area contributed by atoms with Crippen LogP contribution in [0.25, 0.3) is 0 Å². The van der Waals surface area contributed by atoms with E-state index in [0.717, 1.165) is 0 Å². The highest BCUT2D eigenvalue weighted by atomic mass is 32.2. The van der Waals surface area contributed by atoms with E-state index in [0.29, 0.717) is 11.3 Å². The molecule has 2 aromatic carbocycles. The van der Waals surface area contributed by atoms with E-state index in [4.69, 9.17) is 5.73 Å². The highest BCUT2D eigenvalue weighted by Crippen LogP contribution is 2.18. The molecule has 0 aliphatic heterocycles. The lowest BCUT2D eigenvalue weighted by Gasteiger charge is -2.14. The van der Waals surface area contributed by atoms with Crippen LogP contribution in [-0.2, 0) is 14.8 Å². The number of nitrogens with one attached hydrogen (secondary N) is 1. The standard InChI is InChI=1S/C15H16N2O4S/c16-12-8-6-11(7-9-12)14(15(18)19)10-17-22(20,21)13-4-2-1-3-5-13/h1-9,14,17H,10,16H2,(H,18,19). The van der Waals surface area contributed by atoms with Crippen molar-refractivity contribution in [3.63, 3.8) is 0 Å². The molecule has 22 heavy (non-hydrogen) atoms. The second-order valence-electron chi connectivity index (χ2n) is 4.72. The molecule has 0 amide bonds. The average molecular weight is 320 g/mol. The smallest absolute Gasteiger partial charge is 0.312 e.